The molecule has 0 bridgehead atoms. The Morgan fingerprint density at radius 1 is 1.12 bits per heavy atom. The third-order valence-corrected chi connectivity index (χ3v) is 1.62. The summed E-state index contributed by atoms with van der Waals surface area (Å²) in [5.74, 6) is 0. The van der Waals surface area contributed by atoms with E-state index in [9.17, 15) is 22.0 Å². The second-order valence-corrected chi connectivity index (χ2v) is 2.57. The number of alkyl halides is 5. The maximum atomic E-state index is 12.8. The molecule has 1 aromatic rings. The number of hydrogen-bond acceptors (Lipinski definition) is 3. The maximum Gasteiger partial charge on any atom is 0.475 e. The van der Waals surface area contributed by atoms with Gasteiger partial charge in [0.15, 0.2) is 11.4 Å². The van der Waals surface area contributed by atoms with Crippen LogP contribution in [0, 0.1) is 22.7 Å². The molecule has 0 aliphatic rings. The van der Waals surface area contributed by atoms with E-state index in [1.807, 2.05) is 0 Å². The summed E-state index contributed by atoms with van der Waals surface area (Å²) >= 11 is 0. The van der Waals surface area contributed by atoms with Crippen LogP contribution >= 0.6 is 0 Å². The number of imidazole rings is 1. The van der Waals surface area contributed by atoms with Crippen LogP contribution in [-0.2, 0) is 6.05 Å². The summed E-state index contributed by atoms with van der Waals surface area (Å²) < 4.78 is 60.8. The number of rotatable bonds is 1. The molecule has 17 heavy (non-hydrogen) atoms. The molecule has 0 aliphatic heterocycles. The van der Waals surface area contributed by atoms with Gasteiger partial charge in [0.05, 0.1) is 0 Å². The Hall–Kier alpha value is -1.56. The van der Waals surface area contributed by atoms with E-state index >= 15 is 0 Å². The molecule has 1 aromatic heterocycles. The van der Waals surface area contributed by atoms with Gasteiger partial charge in [-0.1, -0.05) is 0 Å². The number of nitriles is 2. The summed E-state index contributed by atoms with van der Waals surface area (Å²) in [5.41, 5.74) is -1.92. The third-order valence-electron chi connectivity index (χ3n) is 1.62. The van der Waals surface area contributed by atoms with Crippen molar-refractivity contribution in [1.82, 2.24) is 9.55 Å². The SMILES string of the molecule is N#Cc1ncn(C(F)(F)C(F)(F)F)c1C#N.[Li]. The van der Waals surface area contributed by atoms with Gasteiger partial charge in [-0.25, -0.2) is 4.98 Å². The molecular formula is C7HF5LiN4. The van der Waals surface area contributed by atoms with E-state index in [-0.39, 0.29) is 25.2 Å². The number of hydrogen-bond donors (Lipinski definition) is 0. The van der Waals surface area contributed by atoms with Gasteiger partial charge in [0.25, 0.3) is 0 Å². The summed E-state index contributed by atoms with van der Waals surface area (Å²) in [7, 11) is 0. The largest absolute Gasteiger partial charge is 0.475 e. The van der Waals surface area contributed by atoms with Crippen molar-refractivity contribution in [3.8, 4) is 12.1 Å². The zero-order valence-corrected chi connectivity index (χ0v) is 8.26. The number of nitrogens with zero attached hydrogens (tertiary/aromatic N) is 4. The van der Waals surface area contributed by atoms with Crippen LogP contribution in [0.3, 0.4) is 0 Å². The van der Waals surface area contributed by atoms with Crippen molar-refractivity contribution in [3.05, 3.63) is 17.7 Å². The number of halogens is 5. The molecule has 0 spiro atoms. The van der Waals surface area contributed by atoms with E-state index in [0.717, 1.165) is 6.07 Å². The fourth-order valence-corrected chi connectivity index (χ4v) is 0.887. The Morgan fingerprint density at radius 3 is 2.00 bits per heavy atom. The molecule has 0 amide bonds. The van der Waals surface area contributed by atoms with Gasteiger partial charge in [0.1, 0.15) is 18.5 Å². The zero-order chi connectivity index (χ0) is 12.6. The average molecular weight is 243 g/mol. The van der Waals surface area contributed by atoms with Crippen LogP contribution in [0.25, 0.3) is 0 Å². The smallest absolute Gasteiger partial charge is 0.252 e. The van der Waals surface area contributed by atoms with Crippen molar-refractivity contribution in [2.24, 2.45) is 0 Å². The van der Waals surface area contributed by atoms with Crippen molar-refractivity contribution in [2.45, 2.75) is 12.2 Å². The fraction of sp³-hybridized carbons (Fsp3) is 0.286. The average Bonchev–Trinajstić information content (AvgIpc) is 2.58. The molecule has 0 fully saturated rings. The van der Waals surface area contributed by atoms with Crippen molar-refractivity contribution < 1.29 is 22.0 Å². The molecule has 0 saturated carbocycles. The first-order valence-corrected chi connectivity index (χ1v) is 3.58. The normalized spacial score (nSPS) is 11.2. The van der Waals surface area contributed by atoms with E-state index < -0.39 is 28.2 Å². The zero-order valence-electron chi connectivity index (χ0n) is 8.26. The van der Waals surface area contributed by atoms with E-state index in [0.29, 0.717) is 0 Å². The summed E-state index contributed by atoms with van der Waals surface area (Å²) in [5, 5.41) is 16.7. The van der Waals surface area contributed by atoms with Crippen LogP contribution in [0.5, 0.6) is 0 Å². The van der Waals surface area contributed by atoms with Crippen LogP contribution in [0.1, 0.15) is 11.4 Å². The fourth-order valence-electron chi connectivity index (χ4n) is 0.887. The van der Waals surface area contributed by atoms with Crippen molar-refractivity contribution >= 4 is 18.9 Å². The Kier molecular flexibility index (Phi) is 4.31. The van der Waals surface area contributed by atoms with Crippen molar-refractivity contribution in [2.75, 3.05) is 0 Å². The molecule has 0 aromatic carbocycles. The molecule has 10 heteroatoms. The van der Waals surface area contributed by atoms with Gasteiger partial charge in [-0.05, 0) is 0 Å². The first kappa shape index (κ1) is 15.4. The predicted molar refractivity (Wildman–Crippen MR) is 43.7 cm³/mol. The van der Waals surface area contributed by atoms with Crippen molar-refractivity contribution in [1.29, 1.82) is 10.5 Å². The Morgan fingerprint density at radius 2 is 1.65 bits per heavy atom. The molecule has 1 heterocycles. The van der Waals surface area contributed by atoms with Crippen LogP contribution < -0.4 is 0 Å². The summed E-state index contributed by atoms with van der Waals surface area (Å²) in [4.78, 5) is 2.98. The molecule has 0 saturated heterocycles. The summed E-state index contributed by atoms with van der Waals surface area (Å²) in [6.45, 7) is 0. The van der Waals surface area contributed by atoms with Crippen LogP contribution in [0.4, 0.5) is 22.0 Å². The topological polar surface area (TPSA) is 65.4 Å². The van der Waals surface area contributed by atoms with E-state index in [1.54, 1.807) is 0 Å². The van der Waals surface area contributed by atoms with Gasteiger partial charge < -0.3 is 0 Å². The van der Waals surface area contributed by atoms with E-state index in [2.05, 4.69) is 4.98 Å². The van der Waals surface area contributed by atoms with Gasteiger partial charge in [0.2, 0.25) is 0 Å². The third kappa shape index (κ3) is 2.41. The summed E-state index contributed by atoms with van der Waals surface area (Å²) in [6.07, 6.45) is -5.77. The van der Waals surface area contributed by atoms with Gasteiger partial charge >= 0.3 is 12.2 Å². The minimum Gasteiger partial charge on any atom is -0.252 e. The molecule has 0 unspecified atom stereocenters. The second kappa shape index (κ2) is 4.75. The van der Waals surface area contributed by atoms with Crippen LogP contribution in [-0.4, -0.2) is 34.6 Å². The predicted octanol–water partition coefficient (Wildman–Crippen LogP) is 1.36. The first-order chi connectivity index (χ1) is 7.25. The molecule has 0 aliphatic carbocycles. The monoisotopic (exact) mass is 243 g/mol. The van der Waals surface area contributed by atoms with E-state index in [4.69, 9.17) is 10.5 Å². The minimum atomic E-state index is -5.87. The molecular weight excluding hydrogens is 242 g/mol. The van der Waals surface area contributed by atoms with Gasteiger partial charge in [0, 0.05) is 18.9 Å². The Bertz CT molecular complexity index is 492. The van der Waals surface area contributed by atoms with Crippen molar-refractivity contribution in [3.63, 3.8) is 0 Å². The van der Waals surface area contributed by atoms with Gasteiger partial charge in [-0.15, -0.1) is 0 Å². The maximum absolute atomic E-state index is 12.8. The quantitative estimate of drug-likeness (QED) is 0.552. The second-order valence-electron chi connectivity index (χ2n) is 2.57. The van der Waals surface area contributed by atoms with Gasteiger partial charge in [-0.2, -0.15) is 32.5 Å². The van der Waals surface area contributed by atoms with E-state index in [1.165, 1.54) is 6.07 Å². The molecule has 1 radical (unpaired) electrons. The first-order valence-electron chi connectivity index (χ1n) is 3.58. The molecule has 85 valence electrons. The Labute approximate surface area is 103 Å². The van der Waals surface area contributed by atoms with Crippen LogP contribution in [0.2, 0.25) is 0 Å². The Balaban J connectivity index is 0.00000256. The van der Waals surface area contributed by atoms with Crippen LogP contribution in [0.15, 0.2) is 6.33 Å². The molecule has 0 atom stereocenters. The minimum absolute atomic E-state index is 0. The molecule has 4 nitrogen and oxygen atoms in total. The van der Waals surface area contributed by atoms with Gasteiger partial charge in [-0.3, -0.25) is 4.57 Å². The molecule has 1 rings (SSSR count). The summed E-state index contributed by atoms with van der Waals surface area (Å²) in [6, 6.07) is -2.97. The molecule has 0 N–H and O–H groups in total. The standard InChI is InChI=1S/C7HF5N4.Li/c8-6(9,10)7(11,12)16-3-15-4(1-13)5(16)2-14;/h3H;. The number of aromatic nitrogens is 2.